The number of aryl methyl sites for hydroxylation is 2. The summed E-state index contributed by atoms with van der Waals surface area (Å²) in [5.74, 6) is 0.831. The van der Waals surface area contributed by atoms with Crippen molar-refractivity contribution in [2.45, 2.75) is 33.2 Å². The first kappa shape index (κ1) is 14.3. The molecule has 1 aromatic heterocycles. The fourth-order valence-corrected chi connectivity index (χ4v) is 3.15. The molecule has 0 amide bonds. The zero-order valence-electron chi connectivity index (χ0n) is 12.7. The van der Waals surface area contributed by atoms with Crippen molar-refractivity contribution >= 4 is 0 Å². The average Bonchev–Trinajstić information content (AvgIpc) is 2.81. The van der Waals surface area contributed by atoms with E-state index in [0.717, 1.165) is 30.2 Å². The summed E-state index contributed by atoms with van der Waals surface area (Å²) in [6.07, 6.45) is 1.21. The molecule has 5 heteroatoms. The Labute approximate surface area is 115 Å². The SMILES string of the molecule is COc1c(C(CN)N2CCC(C)(C)C2)c(C)nn1C. The van der Waals surface area contributed by atoms with Crippen molar-refractivity contribution in [1.82, 2.24) is 14.7 Å². The van der Waals surface area contributed by atoms with Crippen LogP contribution in [-0.4, -0.2) is 41.4 Å². The number of likely N-dealkylation sites (tertiary alicyclic amines) is 1. The average molecular weight is 266 g/mol. The lowest BCUT2D eigenvalue weighted by Crippen LogP contribution is -2.33. The summed E-state index contributed by atoms with van der Waals surface area (Å²) < 4.78 is 7.31. The molecule has 0 spiro atoms. The first-order valence-corrected chi connectivity index (χ1v) is 6.91. The van der Waals surface area contributed by atoms with Crippen molar-refractivity contribution in [3.05, 3.63) is 11.3 Å². The maximum atomic E-state index is 6.04. The van der Waals surface area contributed by atoms with Gasteiger partial charge in [0.15, 0.2) is 0 Å². The zero-order valence-corrected chi connectivity index (χ0v) is 12.7. The Hall–Kier alpha value is -1.07. The Morgan fingerprint density at radius 2 is 2.16 bits per heavy atom. The predicted molar refractivity (Wildman–Crippen MR) is 76.3 cm³/mol. The normalized spacial score (nSPS) is 20.7. The van der Waals surface area contributed by atoms with Gasteiger partial charge >= 0.3 is 0 Å². The van der Waals surface area contributed by atoms with Crippen LogP contribution >= 0.6 is 0 Å². The van der Waals surface area contributed by atoms with E-state index in [2.05, 4.69) is 23.8 Å². The molecule has 0 aliphatic carbocycles. The minimum absolute atomic E-state index is 0.199. The monoisotopic (exact) mass is 266 g/mol. The lowest BCUT2D eigenvalue weighted by atomic mass is 9.93. The Morgan fingerprint density at radius 1 is 1.47 bits per heavy atom. The van der Waals surface area contributed by atoms with Crippen molar-refractivity contribution in [2.24, 2.45) is 18.2 Å². The molecule has 0 bridgehead atoms. The molecule has 1 aliphatic heterocycles. The molecule has 1 saturated heterocycles. The van der Waals surface area contributed by atoms with Crippen LogP contribution < -0.4 is 10.5 Å². The molecule has 1 unspecified atom stereocenters. The van der Waals surface area contributed by atoms with Gasteiger partial charge in [-0.25, -0.2) is 4.68 Å². The number of nitrogens with zero attached hydrogens (tertiary/aromatic N) is 3. The fourth-order valence-electron chi connectivity index (χ4n) is 3.15. The molecule has 2 rings (SSSR count). The minimum Gasteiger partial charge on any atom is -0.481 e. The lowest BCUT2D eigenvalue weighted by molar-refractivity contribution is 0.217. The largest absolute Gasteiger partial charge is 0.481 e. The van der Waals surface area contributed by atoms with E-state index in [-0.39, 0.29) is 6.04 Å². The number of rotatable bonds is 4. The summed E-state index contributed by atoms with van der Waals surface area (Å²) in [6.45, 7) is 9.42. The molecule has 5 nitrogen and oxygen atoms in total. The van der Waals surface area contributed by atoms with Gasteiger partial charge in [-0.1, -0.05) is 13.8 Å². The molecule has 2 N–H and O–H groups in total. The van der Waals surface area contributed by atoms with Crippen molar-refractivity contribution in [2.75, 3.05) is 26.7 Å². The highest BCUT2D eigenvalue weighted by atomic mass is 16.5. The third-order valence-electron chi connectivity index (χ3n) is 4.11. The number of aromatic nitrogens is 2. The topological polar surface area (TPSA) is 56.3 Å². The van der Waals surface area contributed by atoms with Gasteiger partial charge in [-0.2, -0.15) is 5.10 Å². The number of methoxy groups -OCH3 is 1. The van der Waals surface area contributed by atoms with Crippen molar-refractivity contribution in [1.29, 1.82) is 0 Å². The van der Waals surface area contributed by atoms with E-state index in [9.17, 15) is 0 Å². The second-order valence-electron chi connectivity index (χ2n) is 6.27. The van der Waals surface area contributed by atoms with Crippen LogP contribution in [0.5, 0.6) is 5.88 Å². The van der Waals surface area contributed by atoms with E-state index in [1.807, 2.05) is 14.0 Å². The van der Waals surface area contributed by atoms with Gasteiger partial charge in [0.05, 0.1) is 24.4 Å². The molecule has 2 heterocycles. The van der Waals surface area contributed by atoms with Gasteiger partial charge in [0.1, 0.15) is 0 Å². The van der Waals surface area contributed by atoms with Gasteiger partial charge in [-0.3, -0.25) is 4.90 Å². The highest BCUT2D eigenvalue weighted by Gasteiger charge is 2.36. The summed E-state index contributed by atoms with van der Waals surface area (Å²) in [7, 11) is 3.61. The number of hydrogen-bond donors (Lipinski definition) is 1. The highest BCUT2D eigenvalue weighted by Crippen LogP contribution is 2.38. The summed E-state index contributed by atoms with van der Waals surface area (Å²) in [6, 6.07) is 0.199. The van der Waals surface area contributed by atoms with Crippen LogP contribution in [0, 0.1) is 12.3 Å². The fraction of sp³-hybridized carbons (Fsp3) is 0.786. The van der Waals surface area contributed by atoms with E-state index in [4.69, 9.17) is 10.5 Å². The maximum absolute atomic E-state index is 6.04. The van der Waals surface area contributed by atoms with E-state index < -0.39 is 0 Å². The van der Waals surface area contributed by atoms with E-state index in [1.54, 1.807) is 11.8 Å². The van der Waals surface area contributed by atoms with Crippen molar-refractivity contribution in [3.8, 4) is 5.88 Å². The lowest BCUT2D eigenvalue weighted by Gasteiger charge is -2.28. The molecule has 19 heavy (non-hydrogen) atoms. The van der Waals surface area contributed by atoms with Gasteiger partial charge in [-0.15, -0.1) is 0 Å². The van der Waals surface area contributed by atoms with E-state index in [0.29, 0.717) is 12.0 Å². The smallest absolute Gasteiger partial charge is 0.216 e. The first-order chi connectivity index (χ1) is 8.89. The molecule has 0 aromatic carbocycles. The molecule has 1 fully saturated rings. The van der Waals surface area contributed by atoms with E-state index in [1.165, 1.54) is 6.42 Å². The number of nitrogens with two attached hydrogens (primary N) is 1. The standard InChI is InChI=1S/C14H26N4O/c1-10-12(13(19-5)17(4)16-10)11(8-15)18-7-6-14(2,3)9-18/h11H,6-9,15H2,1-5H3. The summed E-state index contributed by atoms with van der Waals surface area (Å²) >= 11 is 0. The van der Waals surface area contributed by atoms with Crippen LogP contribution in [0.1, 0.15) is 37.6 Å². The molecule has 1 aromatic rings. The molecule has 1 aliphatic rings. The summed E-state index contributed by atoms with van der Waals surface area (Å²) in [5, 5.41) is 4.47. The van der Waals surface area contributed by atoms with Crippen LogP contribution in [0.4, 0.5) is 0 Å². The number of hydrogen-bond acceptors (Lipinski definition) is 4. The Bertz CT molecular complexity index is 453. The van der Waals surface area contributed by atoms with Gasteiger partial charge in [0.2, 0.25) is 5.88 Å². The van der Waals surface area contributed by atoms with Crippen molar-refractivity contribution in [3.63, 3.8) is 0 Å². The van der Waals surface area contributed by atoms with E-state index >= 15 is 0 Å². The Morgan fingerprint density at radius 3 is 2.63 bits per heavy atom. The quantitative estimate of drug-likeness (QED) is 0.896. The molecule has 0 radical (unpaired) electrons. The first-order valence-electron chi connectivity index (χ1n) is 6.91. The number of ether oxygens (including phenoxy) is 1. The van der Waals surface area contributed by atoms with Gasteiger partial charge < -0.3 is 10.5 Å². The summed E-state index contributed by atoms with van der Waals surface area (Å²) in [5.41, 5.74) is 8.57. The van der Waals surface area contributed by atoms with Crippen LogP contribution in [-0.2, 0) is 7.05 Å². The van der Waals surface area contributed by atoms with Crippen molar-refractivity contribution < 1.29 is 4.74 Å². The van der Waals surface area contributed by atoms with Crippen LogP contribution in [0.3, 0.4) is 0 Å². The predicted octanol–water partition coefficient (Wildman–Crippen LogP) is 1.47. The Balaban J connectivity index is 2.33. The zero-order chi connectivity index (χ0) is 14.2. The molecule has 1 atom stereocenters. The van der Waals surface area contributed by atoms with Gasteiger partial charge in [0.25, 0.3) is 0 Å². The molecule has 0 saturated carbocycles. The van der Waals surface area contributed by atoms with Gasteiger partial charge in [0, 0.05) is 20.1 Å². The highest BCUT2D eigenvalue weighted by molar-refractivity contribution is 5.34. The third-order valence-corrected chi connectivity index (χ3v) is 4.11. The second-order valence-corrected chi connectivity index (χ2v) is 6.27. The van der Waals surface area contributed by atoms with Crippen LogP contribution in [0.2, 0.25) is 0 Å². The molecular weight excluding hydrogens is 240 g/mol. The van der Waals surface area contributed by atoms with Crippen LogP contribution in [0.15, 0.2) is 0 Å². The summed E-state index contributed by atoms with van der Waals surface area (Å²) in [4.78, 5) is 2.46. The maximum Gasteiger partial charge on any atom is 0.216 e. The second kappa shape index (κ2) is 5.13. The van der Waals surface area contributed by atoms with Crippen LogP contribution in [0.25, 0.3) is 0 Å². The molecule has 108 valence electrons. The third kappa shape index (κ3) is 2.62. The Kier molecular flexibility index (Phi) is 3.87. The van der Waals surface area contributed by atoms with Gasteiger partial charge in [-0.05, 0) is 25.3 Å². The molecular formula is C14H26N4O. The minimum atomic E-state index is 0.199.